The summed E-state index contributed by atoms with van der Waals surface area (Å²) in [5, 5.41) is 0. The van der Waals surface area contributed by atoms with Crippen molar-refractivity contribution in [3.8, 4) is 0 Å². The van der Waals surface area contributed by atoms with Crippen LogP contribution in [0.2, 0.25) is 0 Å². The number of halogens is 2. The molecular weight excluding hydrogens is 337 g/mol. The van der Waals surface area contributed by atoms with E-state index in [4.69, 9.17) is 10.5 Å². The van der Waals surface area contributed by atoms with E-state index < -0.39 is 0 Å². The zero-order valence-electron chi connectivity index (χ0n) is 13.3. The number of ether oxygens (including phenoxy) is 1. The van der Waals surface area contributed by atoms with Crippen LogP contribution in [0.15, 0.2) is 24.3 Å². The van der Waals surface area contributed by atoms with Crippen LogP contribution in [-0.2, 0) is 9.53 Å². The molecule has 0 aromatic heterocycles. The smallest absolute Gasteiger partial charge is 0.256 e. The molecule has 0 bridgehead atoms. The van der Waals surface area contributed by atoms with Crippen LogP contribution in [0.4, 0.5) is 11.4 Å². The monoisotopic (exact) mass is 361 g/mol. The highest BCUT2D eigenvalue weighted by atomic mass is 35.5. The minimum atomic E-state index is -0.338. The van der Waals surface area contributed by atoms with Gasteiger partial charge in [-0.3, -0.25) is 4.79 Å². The molecule has 1 amide bonds. The normalized spacial score (nSPS) is 23.4. The van der Waals surface area contributed by atoms with Gasteiger partial charge in [0, 0.05) is 26.7 Å². The number of nitrogens with two attached hydrogens (primary N) is 1. The summed E-state index contributed by atoms with van der Waals surface area (Å²) in [4.78, 5) is 16.9. The fourth-order valence-corrected chi connectivity index (χ4v) is 3.19. The van der Waals surface area contributed by atoms with Crippen LogP contribution in [0, 0.1) is 0 Å². The molecule has 0 radical (unpaired) electrons. The van der Waals surface area contributed by atoms with Crippen molar-refractivity contribution in [1.82, 2.24) is 0 Å². The molecule has 23 heavy (non-hydrogen) atoms. The first kappa shape index (κ1) is 20.0. The Morgan fingerprint density at radius 1 is 1.22 bits per heavy atom. The summed E-state index contributed by atoms with van der Waals surface area (Å²) in [6.07, 6.45) is 2.31. The minimum Gasteiger partial charge on any atom is -0.373 e. The van der Waals surface area contributed by atoms with Crippen molar-refractivity contribution >= 4 is 42.1 Å². The van der Waals surface area contributed by atoms with E-state index in [-0.39, 0.29) is 42.9 Å². The van der Waals surface area contributed by atoms with E-state index in [9.17, 15) is 4.79 Å². The Labute approximate surface area is 150 Å². The second kappa shape index (κ2) is 8.73. The predicted molar refractivity (Wildman–Crippen MR) is 98.1 cm³/mol. The molecule has 0 unspecified atom stereocenters. The number of para-hydroxylation sites is 2. The molecule has 130 valence electrons. The molecule has 2 atom stereocenters. The summed E-state index contributed by atoms with van der Waals surface area (Å²) in [5.41, 5.74) is 7.73. The van der Waals surface area contributed by atoms with Gasteiger partial charge in [0.25, 0.3) is 5.91 Å². The standard InChI is InChI=1S/C16H23N3O2.2ClH/c1-18-9-4-10-19(14-6-3-2-5-13(14)18)16(20)15-8-7-12(11-17)21-15;;/h2-3,5-6,12,15H,4,7-11,17H2,1H3;2*1H/t12-,15+;;/m1../s1. The van der Waals surface area contributed by atoms with Crippen LogP contribution in [-0.4, -0.2) is 44.8 Å². The highest BCUT2D eigenvalue weighted by Gasteiger charge is 2.34. The summed E-state index contributed by atoms with van der Waals surface area (Å²) < 4.78 is 5.78. The van der Waals surface area contributed by atoms with Gasteiger partial charge in [-0.15, -0.1) is 24.8 Å². The minimum absolute atomic E-state index is 0. The first-order valence-electron chi connectivity index (χ1n) is 7.68. The second-order valence-corrected chi connectivity index (χ2v) is 5.81. The van der Waals surface area contributed by atoms with E-state index in [1.165, 1.54) is 0 Å². The Bertz CT molecular complexity index is 530. The Balaban J connectivity index is 0.00000132. The molecule has 2 aliphatic heterocycles. The average molecular weight is 362 g/mol. The number of fused-ring (bicyclic) bond motifs is 1. The number of hydrogen-bond donors (Lipinski definition) is 1. The molecule has 7 heteroatoms. The molecule has 1 aromatic carbocycles. The number of amides is 1. The molecular formula is C16H25Cl2N3O2. The van der Waals surface area contributed by atoms with E-state index in [0.717, 1.165) is 43.7 Å². The second-order valence-electron chi connectivity index (χ2n) is 5.81. The van der Waals surface area contributed by atoms with E-state index >= 15 is 0 Å². The summed E-state index contributed by atoms with van der Waals surface area (Å²) in [5.74, 6) is 0.0775. The lowest BCUT2D eigenvalue weighted by Gasteiger charge is -2.26. The van der Waals surface area contributed by atoms with E-state index in [1.807, 2.05) is 23.1 Å². The van der Waals surface area contributed by atoms with Gasteiger partial charge in [-0.2, -0.15) is 0 Å². The zero-order chi connectivity index (χ0) is 14.8. The molecule has 5 nitrogen and oxygen atoms in total. The molecule has 3 rings (SSSR count). The first-order chi connectivity index (χ1) is 10.2. The van der Waals surface area contributed by atoms with Gasteiger partial charge in [-0.1, -0.05) is 12.1 Å². The largest absolute Gasteiger partial charge is 0.373 e. The molecule has 1 saturated heterocycles. The van der Waals surface area contributed by atoms with Gasteiger partial charge in [-0.05, 0) is 31.4 Å². The van der Waals surface area contributed by atoms with Crippen molar-refractivity contribution in [2.75, 3.05) is 36.5 Å². The zero-order valence-corrected chi connectivity index (χ0v) is 14.9. The van der Waals surface area contributed by atoms with Crippen LogP contribution in [0.25, 0.3) is 0 Å². The van der Waals surface area contributed by atoms with Gasteiger partial charge >= 0.3 is 0 Å². The number of carbonyl (C=O) groups is 1. The molecule has 2 heterocycles. The third kappa shape index (κ3) is 4.10. The van der Waals surface area contributed by atoms with Gasteiger partial charge in [0.1, 0.15) is 6.10 Å². The molecule has 1 aromatic rings. The number of rotatable bonds is 2. The van der Waals surface area contributed by atoms with Crippen molar-refractivity contribution in [2.45, 2.75) is 31.5 Å². The summed E-state index contributed by atoms with van der Waals surface area (Å²) in [6, 6.07) is 8.08. The highest BCUT2D eigenvalue weighted by molar-refractivity contribution is 5.99. The SMILES string of the molecule is CN1CCCN(C(=O)[C@@H]2CC[C@H](CN)O2)c2ccccc21.Cl.Cl. The quantitative estimate of drug-likeness (QED) is 0.877. The Morgan fingerprint density at radius 3 is 2.57 bits per heavy atom. The number of carbonyl (C=O) groups excluding carboxylic acids is 1. The summed E-state index contributed by atoms with van der Waals surface area (Å²) >= 11 is 0. The number of anilines is 2. The lowest BCUT2D eigenvalue weighted by molar-refractivity contribution is -0.129. The molecule has 2 N–H and O–H groups in total. The van der Waals surface area contributed by atoms with Crippen molar-refractivity contribution in [3.63, 3.8) is 0 Å². The van der Waals surface area contributed by atoms with Crippen LogP contribution in [0.3, 0.4) is 0 Å². The van der Waals surface area contributed by atoms with Crippen LogP contribution >= 0.6 is 24.8 Å². The maximum absolute atomic E-state index is 12.8. The summed E-state index contributed by atoms with van der Waals surface area (Å²) in [7, 11) is 2.07. The molecule has 0 spiro atoms. The van der Waals surface area contributed by atoms with Crippen LogP contribution in [0.1, 0.15) is 19.3 Å². The van der Waals surface area contributed by atoms with Crippen molar-refractivity contribution in [1.29, 1.82) is 0 Å². The fraction of sp³-hybridized carbons (Fsp3) is 0.562. The maximum Gasteiger partial charge on any atom is 0.256 e. The Hall–Kier alpha value is -1.01. The molecule has 1 fully saturated rings. The lowest BCUT2D eigenvalue weighted by Crippen LogP contribution is -2.40. The average Bonchev–Trinajstić information content (AvgIpc) is 2.93. The third-order valence-corrected chi connectivity index (χ3v) is 4.37. The van der Waals surface area contributed by atoms with Gasteiger partial charge in [0.05, 0.1) is 17.5 Å². The topological polar surface area (TPSA) is 58.8 Å². The third-order valence-electron chi connectivity index (χ3n) is 4.37. The molecule has 0 saturated carbocycles. The van der Waals surface area contributed by atoms with E-state index in [2.05, 4.69) is 18.0 Å². The number of hydrogen-bond acceptors (Lipinski definition) is 4. The first-order valence-corrected chi connectivity index (χ1v) is 7.68. The Morgan fingerprint density at radius 2 is 1.91 bits per heavy atom. The molecule has 2 aliphatic rings. The Kier molecular flexibility index (Phi) is 7.61. The highest BCUT2D eigenvalue weighted by Crippen LogP contribution is 2.33. The van der Waals surface area contributed by atoms with Gasteiger partial charge in [-0.25, -0.2) is 0 Å². The predicted octanol–water partition coefficient (Wildman–Crippen LogP) is 2.21. The lowest BCUT2D eigenvalue weighted by atomic mass is 10.1. The summed E-state index contributed by atoms with van der Waals surface area (Å²) in [6.45, 7) is 2.19. The van der Waals surface area contributed by atoms with Crippen molar-refractivity contribution in [2.24, 2.45) is 5.73 Å². The van der Waals surface area contributed by atoms with E-state index in [1.54, 1.807) is 0 Å². The van der Waals surface area contributed by atoms with E-state index in [0.29, 0.717) is 6.54 Å². The number of benzene rings is 1. The van der Waals surface area contributed by atoms with Crippen molar-refractivity contribution in [3.05, 3.63) is 24.3 Å². The van der Waals surface area contributed by atoms with Gasteiger partial charge < -0.3 is 20.3 Å². The fourth-order valence-electron chi connectivity index (χ4n) is 3.19. The van der Waals surface area contributed by atoms with Gasteiger partial charge in [0.2, 0.25) is 0 Å². The van der Waals surface area contributed by atoms with Crippen LogP contribution in [0.5, 0.6) is 0 Å². The van der Waals surface area contributed by atoms with Gasteiger partial charge in [0.15, 0.2) is 0 Å². The number of nitrogens with zero attached hydrogens (tertiary/aromatic N) is 2. The van der Waals surface area contributed by atoms with Crippen LogP contribution < -0.4 is 15.5 Å². The molecule has 0 aliphatic carbocycles. The maximum atomic E-state index is 12.8. The van der Waals surface area contributed by atoms with Crippen molar-refractivity contribution < 1.29 is 9.53 Å².